The molecule has 0 aliphatic carbocycles. The van der Waals surface area contributed by atoms with Crippen molar-refractivity contribution in [2.24, 2.45) is 0 Å². The van der Waals surface area contributed by atoms with E-state index in [0.29, 0.717) is 8.81 Å². The average Bonchev–Trinajstić information content (AvgIpc) is 2.58. The van der Waals surface area contributed by atoms with Gasteiger partial charge in [0.1, 0.15) is 5.75 Å². The van der Waals surface area contributed by atoms with Crippen molar-refractivity contribution in [2.45, 2.75) is 26.9 Å². The largest absolute Gasteiger partial charge is 0.477 e. The lowest BCUT2D eigenvalue weighted by Gasteiger charge is -2.13. The highest BCUT2D eigenvalue weighted by Gasteiger charge is 2.07. The van der Waals surface area contributed by atoms with Gasteiger partial charge in [0.2, 0.25) is 0 Å². The Morgan fingerprint density at radius 2 is 1.46 bits per heavy atom. The monoisotopic (exact) mass is 334 g/mol. The molecule has 0 amide bonds. The number of hydrogen-bond acceptors (Lipinski definition) is 1. The Kier molecular flexibility index (Phi) is 5.33. The Morgan fingerprint density at radius 3 is 2.21 bits per heavy atom. The highest BCUT2D eigenvalue weighted by molar-refractivity contribution is 7.31. The lowest BCUT2D eigenvalue weighted by atomic mass is 9.97. The molecule has 0 saturated carbocycles. The van der Waals surface area contributed by atoms with Crippen molar-refractivity contribution in [3.05, 3.63) is 89.0 Å². The maximum Gasteiger partial charge on any atom is 0.125 e. The van der Waals surface area contributed by atoms with Gasteiger partial charge in [-0.3, -0.25) is 0 Å². The summed E-state index contributed by atoms with van der Waals surface area (Å²) in [5.74, 6) is 0.993. The van der Waals surface area contributed by atoms with Crippen LogP contribution in [0.15, 0.2) is 66.7 Å². The van der Waals surface area contributed by atoms with Gasteiger partial charge < -0.3 is 4.52 Å². The van der Waals surface area contributed by atoms with Crippen LogP contribution >= 0.6 is 8.81 Å². The Labute approximate surface area is 146 Å². The van der Waals surface area contributed by atoms with Gasteiger partial charge in [-0.2, -0.15) is 0 Å². The molecule has 1 nitrogen and oxygen atoms in total. The van der Waals surface area contributed by atoms with Crippen molar-refractivity contribution in [3.8, 4) is 16.9 Å². The number of aryl methyl sites for hydroxylation is 3. The lowest BCUT2D eigenvalue weighted by Crippen LogP contribution is -1.91. The molecule has 0 spiro atoms. The zero-order valence-corrected chi connectivity index (χ0v) is 15.5. The molecule has 3 aromatic rings. The second-order valence-corrected chi connectivity index (χ2v) is 7.01. The zero-order valence-electron chi connectivity index (χ0n) is 14.5. The predicted octanol–water partition coefficient (Wildman–Crippen LogP) is 6.45. The van der Waals surface area contributed by atoms with Crippen molar-refractivity contribution in [3.63, 3.8) is 0 Å². The summed E-state index contributed by atoms with van der Waals surface area (Å²) < 4.78 is 6.04. The van der Waals surface area contributed by atoms with E-state index in [-0.39, 0.29) is 0 Å². The van der Waals surface area contributed by atoms with Crippen LogP contribution < -0.4 is 4.52 Å². The van der Waals surface area contributed by atoms with E-state index in [2.05, 4.69) is 87.5 Å². The Balaban J connectivity index is 1.76. The molecule has 1 unspecified atom stereocenters. The molecule has 0 fully saturated rings. The van der Waals surface area contributed by atoms with Gasteiger partial charge in [0, 0.05) is 6.16 Å². The second kappa shape index (κ2) is 7.64. The van der Waals surface area contributed by atoms with Crippen LogP contribution in [-0.4, -0.2) is 0 Å². The summed E-state index contributed by atoms with van der Waals surface area (Å²) in [6.07, 6.45) is 0.928. The van der Waals surface area contributed by atoms with Crippen molar-refractivity contribution >= 4 is 8.81 Å². The number of hydrogen-bond donors (Lipinski definition) is 0. The van der Waals surface area contributed by atoms with Gasteiger partial charge >= 0.3 is 0 Å². The summed E-state index contributed by atoms with van der Waals surface area (Å²) in [6.45, 7) is 6.38. The van der Waals surface area contributed by atoms with Crippen LogP contribution in [0.4, 0.5) is 0 Å². The topological polar surface area (TPSA) is 9.23 Å². The Hall–Kier alpha value is -2.11. The van der Waals surface area contributed by atoms with Crippen LogP contribution in [0.3, 0.4) is 0 Å². The fourth-order valence-electron chi connectivity index (χ4n) is 2.92. The normalized spacial score (nSPS) is 11.1. The van der Waals surface area contributed by atoms with Crippen LogP contribution in [-0.2, 0) is 6.16 Å². The van der Waals surface area contributed by atoms with E-state index in [1.807, 2.05) is 0 Å². The molecular weight excluding hydrogens is 311 g/mol. The smallest absolute Gasteiger partial charge is 0.125 e. The molecule has 122 valence electrons. The van der Waals surface area contributed by atoms with Gasteiger partial charge in [0.05, 0.1) is 8.81 Å². The molecule has 0 radical (unpaired) electrons. The van der Waals surface area contributed by atoms with E-state index >= 15 is 0 Å². The van der Waals surface area contributed by atoms with Crippen molar-refractivity contribution in [2.75, 3.05) is 0 Å². The van der Waals surface area contributed by atoms with Crippen LogP contribution in [0.1, 0.15) is 22.3 Å². The minimum absolute atomic E-state index is 0.418. The SMILES string of the molecule is Cc1ccc(OPCc2ccccc2-c2ccccc2C)c(C)c1. The predicted molar refractivity (Wildman–Crippen MR) is 105 cm³/mol. The molecule has 0 aliphatic rings. The summed E-state index contributed by atoms with van der Waals surface area (Å²) in [4.78, 5) is 0. The summed E-state index contributed by atoms with van der Waals surface area (Å²) in [5.41, 5.74) is 7.75. The van der Waals surface area contributed by atoms with Gasteiger partial charge in [-0.1, -0.05) is 66.2 Å². The summed E-state index contributed by atoms with van der Waals surface area (Å²) in [7, 11) is 0.418. The summed E-state index contributed by atoms with van der Waals surface area (Å²) in [5, 5.41) is 0. The highest BCUT2D eigenvalue weighted by Crippen LogP contribution is 2.33. The van der Waals surface area contributed by atoms with Crippen molar-refractivity contribution < 1.29 is 4.52 Å². The minimum atomic E-state index is 0.418. The van der Waals surface area contributed by atoms with Gasteiger partial charge in [-0.25, -0.2) is 0 Å². The van der Waals surface area contributed by atoms with Crippen LogP contribution in [0, 0.1) is 20.8 Å². The molecule has 3 aromatic carbocycles. The van der Waals surface area contributed by atoms with Gasteiger partial charge in [0.25, 0.3) is 0 Å². The van der Waals surface area contributed by atoms with E-state index in [4.69, 9.17) is 4.52 Å². The number of benzene rings is 3. The first kappa shape index (κ1) is 16.7. The first-order valence-corrected chi connectivity index (χ1v) is 9.37. The molecule has 0 bridgehead atoms. The molecule has 0 aliphatic heterocycles. The molecule has 24 heavy (non-hydrogen) atoms. The van der Waals surface area contributed by atoms with E-state index in [1.54, 1.807) is 0 Å². The van der Waals surface area contributed by atoms with E-state index in [9.17, 15) is 0 Å². The third-order valence-electron chi connectivity index (χ3n) is 4.23. The molecule has 0 N–H and O–H groups in total. The third kappa shape index (κ3) is 3.86. The average molecular weight is 334 g/mol. The summed E-state index contributed by atoms with van der Waals surface area (Å²) >= 11 is 0. The lowest BCUT2D eigenvalue weighted by molar-refractivity contribution is 0.623. The van der Waals surface area contributed by atoms with Crippen LogP contribution in [0.25, 0.3) is 11.1 Å². The first-order valence-electron chi connectivity index (χ1n) is 8.26. The van der Waals surface area contributed by atoms with Gasteiger partial charge in [-0.05, 0) is 54.7 Å². The highest BCUT2D eigenvalue weighted by atomic mass is 31.1. The molecule has 3 rings (SSSR count). The summed E-state index contributed by atoms with van der Waals surface area (Å²) in [6, 6.07) is 23.5. The van der Waals surface area contributed by atoms with Crippen molar-refractivity contribution in [1.29, 1.82) is 0 Å². The first-order chi connectivity index (χ1) is 11.6. The van der Waals surface area contributed by atoms with Gasteiger partial charge in [0.15, 0.2) is 0 Å². The standard InChI is InChI=1S/C22H23OP/c1-16-12-13-22(18(3)14-16)23-24-15-19-9-5-7-11-21(19)20-10-6-4-8-17(20)2/h4-14,24H,15H2,1-3H3. The Morgan fingerprint density at radius 1 is 0.750 bits per heavy atom. The molecule has 0 heterocycles. The van der Waals surface area contributed by atoms with Crippen LogP contribution in [0.5, 0.6) is 5.75 Å². The quantitative estimate of drug-likeness (QED) is 0.487. The molecule has 1 atom stereocenters. The minimum Gasteiger partial charge on any atom is -0.477 e. The third-order valence-corrected chi connectivity index (χ3v) is 5.12. The van der Waals surface area contributed by atoms with E-state index in [1.165, 1.54) is 33.4 Å². The maximum absolute atomic E-state index is 6.04. The molecule has 2 heteroatoms. The van der Waals surface area contributed by atoms with E-state index < -0.39 is 0 Å². The second-order valence-electron chi connectivity index (χ2n) is 6.16. The van der Waals surface area contributed by atoms with Crippen molar-refractivity contribution in [1.82, 2.24) is 0 Å². The number of rotatable bonds is 5. The molecule has 0 saturated heterocycles. The van der Waals surface area contributed by atoms with E-state index in [0.717, 1.165) is 11.9 Å². The molecule has 0 aromatic heterocycles. The fraction of sp³-hybridized carbons (Fsp3) is 0.182. The van der Waals surface area contributed by atoms with Crippen LogP contribution in [0.2, 0.25) is 0 Å². The Bertz CT molecular complexity index is 839. The zero-order chi connectivity index (χ0) is 16.9. The fourth-order valence-corrected chi connectivity index (χ4v) is 3.84. The van der Waals surface area contributed by atoms with Gasteiger partial charge in [-0.15, -0.1) is 0 Å². The molecular formula is C22H23OP. The maximum atomic E-state index is 6.04.